The summed E-state index contributed by atoms with van der Waals surface area (Å²) in [7, 11) is 1.35. The van der Waals surface area contributed by atoms with Crippen LogP contribution in [0.1, 0.15) is 16.7 Å². The molecule has 0 atom stereocenters. The molecule has 2 aromatic carbocycles. The minimum Gasteiger partial charge on any atom is -0.490 e. The molecule has 0 aliphatic rings. The average molecular weight is 428 g/mol. The summed E-state index contributed by atoms with van der Waals surface area (Å²) in [6, 6.07) is 9.43. The number of nitro groups is 1. The number of rotatable bonds is 9. The van der Waals surface area contributed by atoms with E-state index in [1.165, 1.54) is 43.1 Å². The second kappa shape index (κ2) is 10.1. The van der Waals surface area contributed by atoms with Gasteiger partial charge >= 0.3 is 11.9 Å². The van der Waals surface area contributed by atoms with Gasteiger partial charge in [-0.3, -0.25) is 14.9 Å². The zero-order valence-electron chi connectivity index (χ0n) is 15.5. The van der Waals surface area contributed by atoms with E-state index in [4.69, 9.17) is 4.74 Å². The van der Waals surface area contributed by atoms with Crippen LogP contribution in [0.2, 0.25) is 0 Å². The van der Waals surface area contributed by atoms with Gasteiger partial charge in [-0.1, -0.05) is 18.2 Å². The van der Waals surface area contributed by atoms with E-state index in [0.29, 0.717) is 29.8 Å². The van der Waals surface area contributed by atoms with Crippen molar-refractivity contribution < 1.29 is 27.6 Å². The van der Waals surface area contributed by atoms with Crippen LogP contribution in [-0.4, -0.2) is 30.2 Å². The van der Waals surface area contributed by atoms with E-state index in [1.54, 1.807) is 6.07 Å². The lowest BCUT2D eigenvalue weighted by Crippen LogP contribution is -2.27. The largest absolute Gasteiger partial charge is 0.490 e. The number of amides is 1. The molecule has 0 aliphatic heterocycles. The summed E-state index contributed by atoms with van der Waals surface area (Å²) in [5, 5.41) is 13.7. The van der Waals surface area contributed by atoms with E-state index < -0.39 is 16.7 Å². The SMILES string of the molecule is COc1ccc(CSCC(=O)NCCc2ccc(C(F)(F)F)cc2)cc1[N+](=O)[O-]. The molecule has 29 heavy (non-hydrogen) atoms. The first kappa shape index (κ1) is 22.5. The van der Waals surface area contributed by atoms with Crippen molar-refractivity contribution >= 4 is 23.4 Å². The maximum Gasteiger partial charge on any atom is 0.416 e. The van der Waals surface area contributed by atoms with Crippen molar-refractivity contribution in [1.82, 2.24) is 5.32 Å². The zero-order valence-corrected chi connectivity index (χ0v) is 16.3. The Morgan fingerprint density at radius 3 is 2.41 bits per heavy atom. The van der Waals surface area contributed by atoms with Gasteiger partial charge in [0.1, 0.15) is 0 Å². The van der Waals surface area contributed by atoms with E-state index >= 15 is 0 Å². The Kier molecular flexibility index (Phi) is 7.89. The molecule has 0 radical (unpaired) electrons. The molecular formula is C19H19F3N2O4S. The molecule has 6 nitrogen and oxygen atoms in total. The lowest BCUT2D eigenvalue weighted by molar-refractivity contribution is -0.385. The third-order valence-corrected chi connectivity index (χ3v) is 4.96. The smallest absolute Gasteiger partial charge is 0.416 e. The van der Waals surface area contributed by atoms with Crippen LogP contribution in [0.5, 0.6) is 5.75 Å². The molecule has 0 aliphatic carbocycles. The van der Waals surface area contributed by atoms with Gasteiger partial charge < -0.3 is 10.1 Å². The molecule has 0 aromatic heterocycles. The number of nitrogens with one attached hydrogen (secondary N) is 1. The molecule has 0 saturated carbocycles. The second-order valence-electron chi connectivity index (χ2n) is 6.05. The lowest BCUT2D eigenvalue weighted by Gasteiger charge is -2.08. The predicted molar refractivity (Wildman–Crippen MR) is 104 cm³/mol. The number of ether oxygens (including phenoxy) is 1. The molecule has 0 spiro atoms. The van der Waals surface area contributed by atoms with E-state index in [0.717, 1.165) is 12.1 Å². The van der Waals surface area contributed by atoms with Crippen LogP contribution in [0.25, 0.3) is 0 Å². The normalized spacial score (nSPS) is 11.2. The summed E-state index contributed by atoms with van der Waals surface area (Å²) < 4.78 is 42.5. The number of methoxy groups -OCH3 is 1. The number of halogens is 3. The van der Waals surface area contributed by atoms with E-state index in [-0.39, 0.29) is 23.1 Å². The summed E-state index contributed by atoms with van der Waals surface area (Å²) >= 11 is 1.30. The third-order valence-electron chi connectivity index (χ3n) is 3.96. The van der Waals surface area contributed by atoms with Gasteiger partial charge in [0.15, 0.2) is 5.75 Å². The first-order valence-corrected chi connectivity index (χ1v) is 9.68. The molecule has 1 N–H and O–H groups in total. The topological polar surface area (TPSA) is 81.5 Å². The fourth-order valence-electron chi connectivity index (χ4n) is 2.49. The fraction of sp³-hybridized carbons (Fsp3) is 0.316. The van der Waals surface area contributed by atoms with Gasteiger partial charge in [0.05, 0.1) is 23.3 Å². The Balaban J connectivity index is 1.74. The van der Waals surface area contributed by atoms with Crippen LogP contribution >= 0.6 is 11.8 Å². The molecule has 10 heteroatoms. The zero-order chi connectivity index (χ0) is 21.4. The van der Waals surface area contributed by atoms with Gasteiger partial charge in [0.2, 0.25) is 5.91 Å². The molecule has 2 aromatic rings. The van der Waals surface area contributed by atoms with Crippen LogP contribution in [0.15, 0.2) is 42.5 Å². The first-order valence-electron chi connectivity index (χ1n) is 8.52. The number of benzene rings is 2. The van der Waals surface area contributed by atoms with Gasteiger partial charge in [0.25, 0.3) is 0 Å². The van der Waals surface area contributed by atoms with Crippen LogP contribution < -0.4 is 10.1 Å². The molecule has 0 fully saturated rings. The highest BCUT2D eigenvalue weighted by atomic mass is 32.2. The lowest BCUT2D eigenvalue weighted by atomic mass is 10.1. The molecule has 0 unspecified atom stereocenters. The molecule has 0 heterocycles. The van der Waals surface area contributed by atoms with Crippen molar-refractivity contribution in [1.29, 1.82) is 0 Å². The monoisotopic (exact) mass is 428 g/mol. The third kappa shape index (κ3) is 6.97. The second-order valence-corrected chi connectivity index (χ2v) is 7.04. The molecule has 0 bridgehead atoms. The van der Waals surface area contributed by atoms with Gasteiger partial charge in [-0.05, 0) is 35.7 Å². The first-order chi connectivity index (χ1) is 13.7. The van der Waals surface area contributed by atoms with Crippen molar-refractivity contribution in [3.8, 4) is 5.75 Å². The van der Waals surface area contributed by atoms with Crippen LogP contribution in [0, 0.1) is 10.1 Å². The van der Waals surface area contributed by atoms with E-state index in [9.17, 15) is 28.1 Å². The van der Waals surface area contributed by atoms with E-state index in [1.807, 2.05) is 0 Å². The number of thioether (sulfide) groups is 1. The Bertz CT molecular complexity index is 858. The van der Waals surface area contributed by atoms with Gasteiger partial charge in [-0.2, -0.15) is 13.2 Å². The van der Waals surface area contributed by atoms with Crippen molar-refractivity contribution in [2.75, 3.05) is 19.4 Å². The highest BCUT2D eigenvalue weighted by molar-refractivity contribution is 7.99. The standard InChI is InChI=1S/C19H19F3N2O4S/c1-28-17-7-4-14(10-16(17)24(26)27)11-29-12-18(25)23-9-8-13-2-5-15(6-3-13)19(20,21)22/h2-7,10H,8-9,11-12H2,1H3,(H,23,25). The number of hydrogen-bond acceptors (Lipinski definition) is 5. The average Bonchev–Trinajstić information content (AvgIpc) is 2.67. The number of nitro benzene ring substituents is 1. The fourth-order valence-corrected chi connectivity index (χ4v) is 3.29. The summed E-state index contributed by atoms with van der Waals surface area (Å²) in [6.07, 6.45) is -3.95. The molecule has 156 valence electrons. The van der Waals surface area contributed by atoms with Gasteiger partial charge in [-0.25, -0.2) is 0 Å². The van der Waals surface area contributed by atoms with Crippen molar-refractivity contribution in [2.24, 2.45) is 0 Å². The number of carbonyl (C=O) groups is 1. The Morgan fingerprint density at radius 2 is 1.83 bits per heavy atom. The van der Waals surface area contributed by atoms with Crippen LogP contribution in [-0.2, 0) is 23.1 Å². The van der Waals surface area contributed by atoms with Crippen LogP contribution in [0.4, 0.5) is 18.9 Å². The Hall–Kier alpha value is -2.75. The number of alkyl halides is 3. The minimum atomic E-state index is -4.37. The summed E-state index contributed by atoms with van der Waals surface area (Å²) in [6.45, 7) is 0.304. The number of hydrogen-bond donors (Lipinski definition) is 1. The maximum absolute atomic E-state index is 12.5. The van der Waals surface area contributed by atoms with Gasteiger partial charge in [0, 0.05) is 18.4 Å². The van der Waals surface area contributed by atoms with Gasteiger partial charge in [-0.15, -0.1) is 11.8 Å². The van der Waals surface area contributed by atoms with Crippen molar-refractivity contribution in [3.63, 3.8) is 0 Å². The predicted octanol–water partition coefficient (Wildman–Crippen LogP) is 4.21. The quantitative estimate of drug-likeness (QED) is 0.478. The highest BCUT2D eigenvalue weighted by Gasteiger charge is 2.29. The molecule has 1 amide bonds. The van der Waals surface area contributed by atoms with E-state index in [2.05, 4.69) is 5.32 Å². The summed E-state index contributed by atoms with van der Waals surface area (Å²) in [5.74, 6) is 0.527. The van der Waals surface area contributed by atoms with Crippen molar-refractivity contribution in [3.05, 3.63) is 69.3 Å². The van der Waals surface area contributed by atoms with Crippen molar-refractivity contribution in [2.45, 2.75) is 18.3 Å². The molecule has 0 saturated heterocycles. The minimum absolute atomic E-state index is 0.133. The number of nitrogens with zero attached hydrogens (tertiary/aromatic N) is 1. The maximum atomic E-state index is 12.5. The summed E-state index contributed by atoms with van der Waals surface area (Å²) in [5.41, 5.74) is 0.545. The molecule has 2 rings (SSSR count). The highest BCUT2D eigenvalue weighted by Crippen LogP contribution is 2.30. The van der Waals surface area contributed by atoms with Crippen LogP contribution in [0.3, 0.4) is 0 Å². The molecular weight excluding hydrogens is 409 g/mol. The summed E-state index contributed by atoms with van der Waals surface area (Å²) in [4.78, 5) is 22.4. The number of carbonyl (C=O) groups excluding carboxylic acids is 1. The Labute approximate surface area is 169 Å². The Morgan fingerprint density at radius 1 is 1.17 bits per heavy atom.